The second-order valence-corrected chi connectivity index (χ2v) is 4.46. The molecule has 1 aliphatic rings. The van der Waals surface area contributed by atoms with Crippen LogP contribution in [0.5, 0.6) is 0 Å². The predicted molar refractivity (Wildman–Crippen MR) is 79.4 cm³/mol. The van der Waals surface area contributed by atoms with Crippen molar-refractivity contribution in [3.8, 4) is 59.2 Å². The Labute approximate surface area is 117 Å². The Hall–Kier alpha value is -2.24. The quantitative estimate of drug-likeness (QED) is 0.638. The first-order chi connectivity index (χ1) is 9.29. The molecule has 94 valence electrons. The van der Waals surface area contributed by atoms with Crippen LogP contribution in [0.3, 0.4) is 0 Å². The highest BCUT2D eigenvalue weighted by Crippen LogP contribution is 2.05. The minimum absolute atomic E-state index is 0.341. The van der Waals surface area contributed by atoms with Crippen molar-refractivity contribution in [2.24, 2.45) is 5.92 Å². The van der Waals surface area contributed by atoms with E-state index in [2.05, 4.69) is 64.1 Å². The highest BCUT2D eigenvalue weighted by Gasteiger charge is 2.08. The van der Waals surface area contributed by atoms with Gasteiger partial charge in [0, 0.05) is 5.92 Å². The summed E-state index contributed by atoms with van der Waals surface area (Å²) in [7, 11) is 0. The van der Waals surface area contributed by atoms with E-state index in [0.29, 0.717) is 5.92 Å². The van der Waals surface area contributed by atoms with Gasteiger partial charge in [0.05, 0.1) is 6.54 Å². The summed E-state index contributed by atoms with van der Waals surface area (Å²) in [5.41, 5.74) is 0. The highest BCUT2D eigenvalue weighted by molar-refractivity contribution is 5.42. The van der Waals surface area contributed by atoms with Gasteiger partial charge in [0.2, 0.25) is 0 Å². The van der Waals surface area contributed by atoms with E-state index in [4.69, 9.17) is 0 Å². The third-order valence-electron chi connectivity index (χ3n) is 2.39. The topological polar surface area (TPSA) is 3.24 Å². The summed E-state index contributed by atoms with van der Waals surface area (Å²) in [5.74, 6) is 27.7. The predicted octanol–water partition coefficient (Wildman–Crippen LogP) is 1.76. The van der Waals surface area contributed by atoms with Crippen LogP contribution >= 0.6 is 0 Å². The Bertz CT molecular complexity index is 577. The Morgan fingerprint density at radius 2 is 1.32 bits per heavy atom. The molecule has 1 heterocycles. The number of likely N-dealkylation sites (tertiary alicyclic amines) is 1. The van der Waals surface area contributed by atoms with E-state index in [1.807, 2.05) is 13.8 Å². The van der Waals surface area contributed by atoms with E-state index >= 15 is 0 Å². The molecule has 1 nitrogen and oxygen atoms in total. The zero-order valence-electron chi connectivity index (χ0n) is 11.6. The van der Waals surface area contributed by atoms with Gasteiger partial charge in [-0.1, -0.05) is 25.7 Å². The molecule has 0 amide bonds. The van der Waals surface area contributed by atoms with Crippen molar-refractivity contribution in [3.05, 3.63) is 0 Å². The molecule has 0 aliphatic carbocycles. The average molecular weight is 247 g/mol. The maximum atomic E-state index is 3.03. The van der Waals surface area contributed by atoms with Crippen molar-refractivity contribution in [1.29, 1.82) is 0 Å². The van der Waals surface area contributed by atoms with Gasteiger partial charge < -0.3 is 0 Å². The first-order valence-electron chi connectivity index (χ1n) is 6.50. The minimum Gasteiger partial charge on any atom is -0.292 e. The van der Waals surface area contributed by atoms with Gasteiger partial charge in [-0.15, -0.1) is 0 Å². The van der Waals surface area contributed by atoms with Crippen LogP contribution in [0.4, 0.5) is 0 Å². The third kappa shape index (κ3) is 8.48. The van der Waals surface area contributed by atoms with Crippen LogP contribution in [0.2, 0.25) is 0 Å². The maximum Gasteiger partial charge on any atom is 0.0611 e. The fourth-order valence-electron chi connectivity index (χ4n) is 1.50. The van der Waals surface area contributed by atoms with Gasteiger partial charge in [-0.2, -0.15) is 0 Å². The van der Waals surface area contributed by atoms with Gasteiger partial charge in [0.15, 0.2) is 0 Å². The molecular weight excluding hydrogens is 230 g/mol. The lowest BCUT2D eigenvalue weighted by Gasteiger charge is -2.07. The molecule has 0 unspecified atom stereocenters. The Morgan fingerprint density at radius 3 is 1.89 bits per heavy atom. The minimum atomic E-state index is 0.341. The van der Waals surface area contributed by atoms with Crippen LogP contribution in [0, 0.1) is 65.1 Å². The van der Waals surface area contributed by atoms with Gasteiger partial charge >= 0.3 is 0 Å². The third-order valence-corrected chi connectivity index (χ3v) is 2.39. The van der Waals surface area contributed by atoms with Gasteiger partial charge in [0.25, 0.3) is 0 Å². The number of rotatable bonds is 1. The molecule has 1 rings (SSSR count). The molecule has 0 aromatic carbocycles. The van der Waals surface area contributed by atoms with Crippen LogP contribution in [-0.2, 0) is 0 Å². The second kappa shape index (κ2) is 9.76. The molecule has 0 radical (unpaired) electrons. The number of hydrogen-bond acceptors (Lipinski definition) is 1. The SMILES string of the molecule is CC(C)C#CC#CC#CC#CC#CCN1CCCC1. The summed E-state index contributed by atoms with van der Waals surface area (Å²) in [4.78, 5) is 2.33. The van der Waals surface area contributed by atoms with Gasteiger partial charge in [-0.25, -0.2) is 0 Å². The van der Waals surface area contributed by atoms with Crippen molar-refractivity contribution >= 4 is 0 Å². The molecule has 0 bridgehead atoms. The fraction of sp³-hybridized carbons (Fsp3) is 0.444. The largest absolute Gasteiger partial charge is 0.292 e. The molecule has 1 aliphatic heterocycles. The maximum absolute atomic E-state index is 3.03. The Morgan fingerprint density at radius 1 is 0.789 bits per heavy atom. The molecule has 0 N–H and O–H groups in total. The van der Waals surface area contributed by atoms with Crippen molar-refractivity contribution < 1.29 is 0 Å². The molecular formula is C18H17N. The summed E-state index contributed by atoms with van der Waals surface area (Å²) < 4.78 is 0. The number of nitrogens with zero attached hydrogens (tertiary/aromatic N) is 1. The van der Waals surface area contributed by atoms with Crippen LogP contribution < -0.4 is 0 Å². The summed E-state index contributed by atoms with van der Waals surface area (Å²) in [6.45, 7) is 7.18. The van der Waals surface area contributed by atoms with E-state index in [1.54, 1.807) is 0 Å². The molecule has 0 atom stereocenters. The van der Waals surface area contributed by atoms with Gasteiger partial charge in [-0.3, -0.25) is 4.90 Å². The monoisotopic (exact) mass is 247 g/mol. The summed E-state index contributed by atoms with van der Waals surface area (Å²) in [6, 6.07) is 0. The molecule has 0 saturated carbocycles. The summed E-state index contributed by atoms with van der Waals surface area (Å²) in [6.07, 6.45) is 2.58. The zero-order valence-corrected chi connectivity index (χ0v) is 11.6. The van der Waals surface area contributed by atoms with E-state index in [-0.39, 0.29) is 0 Å². The van der Waals surface area contributed by atoms with Crippen LogP contribution in [-0.4, -0.2) is 24.5 Å². The van der Waals surface area contributed by atoms with E-state index in [1.165, 1.54) is 12.8 Å². The normalized spacial score (nSPS) is 12.4. The molecule has 0 aromatic heterocycles. The van der Waals surface area contributed by atoms with Gasteiger partial charge in [-0.05, 0) is 73.3 Å². The van der Waals surface area contributed by atoms with E-state index in [9.17, 15) is 0 Å². The first-order valence-corrected chi connectivity index (χ1v) is 6.50. The van der Waals surface area contributed by atoms with Gasteiger partial charge in [0.1, 0.15) is 0 Å². The first kappa shape index (κ1) is 14.8. The molecule has 1 saturated heterocycles. The fourth-order valence-corrected chi connectivity index (χ4v) is 1.50. The van der Waals surface area contributed by atoms with Crippen LogP contribution in [0.1, 0.15) is 26.7 Å². The summed E-state index contributed by atoms with van der Waals surface area (Å²) >= 11 is 0. The van der Waals surface area contributed by atoms with Crippen molar-refractivity contribution in [3.63, 3.8) is 0 Å². The average Bonchev–Trinajstić information content (AvgIpc) is 2.88. The second-order valence-electron chi connectivity index (χ2n) is 4.46. The molecule has 0 spiro atoms. The molecule has 1 fully saturated rings. The highest BCUT2D eigenvalue weighted by atomic mass is 15.1. The lowest BCUT2D eigenvalue weighted by atomic mass is 10.2. The number of hydrogen-bond donors (Lipinski definition) is 0. The zero-order chi connectivity index (χ0) is 13.8. The van der Waals surface area contributed by atoms with Crippen molar-refractivity contribution in [2.75, 3.05) is 19.6 Å². The van der Waals surface area contributed by atoms with Crippen molar-refractivity contribution in [1.82, 2.24) is 4.90 Å². The van der Waals surface area contributed by atoms with Crippen molar-refractivity contribution in [2.45, 2.75) is 26.7 Å². The molecule has 0 aromatic rings. The van der Waals surface area contributed by atoms with Crippen LogP contribution in [0.25, 0.3) is 0 Å². The lowest BCUT2D eigenvalue weighted by molar-refractivity contribution is 0.383. The van der Waals surface area contributed by atoms with E-state index in [0.717, 1.165) is 19.6 Å². The smallest absolute Gasteiger partial charge is 0.0611 e. The Kier molecular flexibility index (Phi) is 7.61. The Balaban J connectivity index is 2.28. The van der Waals surface area contributed by atoms with Crippen LogP contribution in [0.15, 0.2) is 0 Å². The van der Waals surface area contributed by atoms with E-state index < -0.39 is 0 Å². The summed E-state index contributed by atoms with van der Waals surface area (Å²) in [5, 5.41) is 0. The standard InChI is InChI=1S/C18H17N/c1-18(2)14-10-8-6-4-3-5-7-9-11-15-19-16-12-13-17-19/h18H,12-13,15-17H2,1-2H3. The molecule has 19 heavy (non-hydrogen) atoms. The lowest BCUT2D eigenvalue weighted by Crippen LogP contribution is -2.18. The molecule has 1 heteroatoms.